The summed E-state index contributed by atoms with van der Waals surface area (Å²) in [6.07, 6.45) is 8.21. The van der Waals surface area contributed by atoms with Crippen molar-refractivity contribution in [3.05, 3.63) is 35.9 Å². The molecule has 4 nitrogen and oxygen atoms in total. The molecule has 1 aliphatic heterocycles. The van der Waals surface area contributed by atoms with Crippen LogP contribution in [0.1, 0.15) is 31.2 Å². The van der Waals surface area contributed by atoms with Gasteiger partial charge < -0.3 is 10.6 Å². The molecule has 0 bridgehead atoms. The summed E-state index contributed by atoms with van der Waals surface area (Å²) in [5.41, 5.74) is 2.76. The quantitative estimate of drug-likeness (QED) is 0.830. The summed E-state index contributed by atoms with van der Waals surface area (Å²) in [4.78, 5) is 23.3. The van der Waals surface area contributed by atoms with Crippen molar-refractivity contribution in [3.8, 4) is 0 Å². The number of aryl methyl sites for hydroxylation is 1. The Hall–Kier alpha value is -2.10. The van der Waals surface area contributed by atoms with Gasteiger partial charge >= 0.3 is 0 Å². The van der Waals surface area contributed by atoms with Crippen LogP contribution in [0.3, 0.4) is 0 Å². The van der Waals surface area contributed by atoms with Gasteiger partial charge in [0.15, 0.2) is 0 Å². The number of carbonyl (C=O) groups excluding carboxylic acids is 2. The first-order valence-corrected chi connectivity index (χ1v) is 7.10. The van der Waals surface area contributed by atoms with Gasteiger partial charge in [-0.25, -0.2) is 0 Å². The monoisotopic (exact) mass is 270 g/mol. The third kappa shape index (κ3) is 2.90. The first-order valence-electron chi connectivity index (χ1n) is 7.10. The minimum Gasteiger partial charge on any atom is -0.326 e. The average molecular weight is 270 g/mol. The van der Waals surface area contributed by atoms with E-state index in [0.29, 0.717) is 18.8 Å². The van der Waals surface area contributed by atoms with Crippen LogP contribution >= 0.6 is 0 Å². The van der Waals surface area contributed by atoms with Gasteiger partial charge in [0.25, 0.3) is 0 Å². The predicted molar refractivity (Wildman–Crippen MR) is 78.5 cm³/mol. The van der Waals surface area contributed by atoms with E-state index in [1.807, 2.05) is 18.2 Å². The second-order valence-corrected chi connectivity index (χ2v) is 5.44. The summed E-state index contributed by atoms with van der Waals surface area (Å²) < 4.78 is 0. The maximum atomic E-state index is 12.0. The van der Waals surface area contributed by atoms with Gasteiger partial charge in [0.1, 0.15) is 0 Å². The number of benzene rings is 1. The molecule has 1 heterocycles. The molecule has 1 aliphatic carbocycles. The molecule has 3 rings (SSSR count). The SMILES string of the molecule is O=C(CC1C=CCC1)Nc1ccc2c(c1)CCC(=O)N2. The van der Waals surface area contributed by atoms with Crippen LogP contribution in [0.25, 0.3) is 0 Å². The molecule has 0 radical (unpaired) electrons. The highest BCUT2D eigenvalue weighted by Gasteiger charge is 2.17. The van der Waals surface area contributed by atoms with Gasteiger partial charge in [-0.05, 0) is 48.9 Å². The van der Waals surface area contributed by atoms with E-state index in [1.165, 1.54) is 0 Å². The van der Waals surface area contributed by atoms with Crippen molar-refractivity contribution in [1.82, 2.24) is 0 Å². The Morgan fingerprint density at radius 3 is 3.05 bits per heavy atom. The second-order valence-electron chi connectivity index (χ2n) is 5.44. The van der Waals surface area contributed by atoms with E-state index < -0.39 is 0 Å². The number of fused-ring (bicyclic) bond motifs is 1. The van der Waals surface area contributed by atoms with Crippen LogP contribution < -0.4 is 10.6 Å². The molecule has 1 aromatic rings. The maximum absolute atomic E-state index is 12.0. The second kappa shape index (κ2) is 5.49. The molecule has 20 heavy (non-hydrogen) atoms. The molecule has 2 aliphatic rings. The van der Waals surface area contributed by atoms with Crippen molar-refractivity contribution in [2.75, 3.05) is 10.6 Å². The lowest BCUT2D eigenvalue weighted by Crippen LogP contribution is -2.19. The van der Waals surface area contributed by atoms with Crippen LogP contribution in [-0.4, -0.2) is 11.8 Å². The lowest BCUT2D eigenvalue weighted by Gasteiger charge is -2.18. The summed E-state index contributed by atoms with van der Waals surface area (Å²) in [7, 11) is 0. The van der Waals surface area contributed by atoms with E-state index in [0.717, 1.165) is 36.2 Å². The zero-order valence-electron chi connectivity index (χ0n) is 11.3. The van der Waals surface area contributed by atoms with Crippen molar-refractivity contribution in [2.24, 2.45) is 5.92 Å². The van der Waals surface area contributed by atoms with Crippen molar-refractivity contribution < 1.29 is 9.59 Å². The standard InChI is InChI=1S/C16H18N2O2/c19-15-8-5-12-10-13(6-7-14(12)18-15)17-16(20)9-11-3-1-2-4-11/h1,3,6-7,10-11H,2,4-5,8-9H2,(H,17,20)(H,18,19). The average Bonchev–Trinajstić information content (AvgIpc) is 2.91. The lowest BCUT2D eigenvalue weighted by molar-refractivity contribution is -0.117. The maximum Gasteiger partial charge on any atom is 0.224 e. The van der Waals surface area contributed by atoms with Crippen LogP contribution in [0.15, 0.2) is 30.4 Å². The van der Waals surface area contributed by atoms with Crippen LogP contribution in [0, 0.1) is 5.92 Å². The van der Waals surface area contributed by atoms with Crippen molar-refractivity contribution in [2.45, 2.75) is 32.1 Å². The molecule has 0 saturated carbocycles. The van der Waals surface area contributed by atoms with E-state index in [9.17, 15) is 9.59 Å². The minimum absolute atomic E-state index is 0.0568. The summed E-state index contributed by atoms with van der Waals surface area (Å²) in [5.74, 6) is 0.496. The van der Waals surface area contributed by atoms with Crippen LogP contribution in [0.4, 0.5) is 11.4 Å². The molecule has 0 aromatic heterocycles. The predicted octanol–water partition coefficient (Wildman–Crippen LogP) is 2.87. The van der Waals surface area contributed by atoms with E-state index in [1.54, 1.807) is 0 Å². The Balaban J connectivity index is 1.64. The van der Waals surface area contributed by atoms with Crippen molar-refractivity contribution >= 4 is 23.2 Å². The summed E-state index contributed by atoms with van der Waals surface area (Å²) >= 11 is 0. The fourth-order valence-corrected chi connectivity index (χ4v) is 2.78. The van der Waals surface area contributed by atoms with Gasteiger partial charge in [-0.1, -0.05) is 12.2 Å². The van der Waals surface area contributed by atoms with E-state index >= 15 is 0 Å². The van der Waals surface area contributed by atoms with E-state index in [2.05, 4.69) is 22.8 Å². The highest BCUT2D eigenvalue weighted by molar-refractivity contribution is 5.95. The number of rotatable bonds is 3. The Kier molecular flexibility index (Phi) is 3.54. The Morgan fingerprint density at radius 1 is 1.35 bits per heavy atom. The molecule has 1 unspecified atom stereocenters. The van der Waals surface area contributed by atoms with Crippen LogP contribution in [0.2, 0.25) is 0 Å². The summed E-state index contributed by atoms with van der Waals surface area (Å²) in [5, 5.41) is 5.78. The van der Waals surface area contributed by atoms with Crippen LogP contribution in [0.5, 0.6) is 0 Å². The number of anilines is 2. The fourth-order valence-electron chi connectivity index (χ4n) is 2.78. The zero-order chi connectivity index (χ0) is 13.9. The molecule has 1 atom stereocenters. The molecule has 2 amide bonds. The third-order valence-electron chi connectivity index (χ3n) is 3.84. The molecular weight excluding hydrogens is 252 g/mol. The van der Waals surface area contributed by atoms with Crippen molar-refractivity contribution in [1.29, 1.82) is 0 Å². The number of hydrogen-bond acceptors (Lipinski definition) is 2. The van der Waals surface area contributed by atoms with E-state index in [4.69, 9.17) is 0 Å². The molecular formula is C16H18N2O2. The number of amides is 2. The molecule has 104 valence electrons. The summed E-state index contributed by atoms with van der Waals surface area (Å²) in [6, 6.07) is 5.65. The van der Waals surface area contributed by atoms with Gasteiger partial charge in [0, 0.05) is 24.2 Å². The van der Waals surface area contributed by atoms with Gasteiger partial charge in [-0.2, -0.15) is 0 Å². The van der Waals surface area contributed by atoms with E-state index in [-0.39, 0.29) is 11.8 Å². The Morgan fingerprint density at radius 2 is 2.25 bits per heavy atom. The first kappa shape index (κ1) is 12.9. The molecule has 0 saturated heterocycles. The Labute approximate surface area is 118 Å². The minimum atomic E-state index is 0.0568. The third-order valence-corrected chi connectivity index (χ3v) is 3.84. The molecule has 4 heteroatoms. The lowest BCUT2D eigenvalue weighted by atomic mass is 10.0. The highest BCUT2D eigenvalue weighted by Crippen LogP contribution is 2.26. The molecule has 0 spiro atoms. The van der Waals surface area contributed by atoms with Gasteiger partial charge in [-0.15, -0.1) is 0 Å². The summed E-state index contributed by atoms with van der Waals surface area (Å²) in [6.45, 7) is 0. The van der Waals surface area contributed by atoms with Gasteiger partial charge in [-0.3, -0.25) is 9.59 Å². The fraction of sp³-hybridized carbons (Fsp3) is 0.375. The van der Waals surface area contributed by atoms with Gasteiger partial charge in [0.2, 0.25) is 11.8 Å². The Bertz CT molecular complexity index is 578. The van der Waals surface area contributed by atoms with Gasteiger partial charge in [0.05, 0.1) is 0 Å². The molecule has 1 aromatic carbocycles. The topological polar surface area (TPSA) is 58.2 Å². The number of hydrogen-bond donors (Lipinski definition) is 2. The molecule has 0 fully saturated rings. The number of allylic oxidation sites excluding steroid dienone is 2. The van der Waals surface area contributed by atoms with Crippen LogP contribution in [-0.2, 0) is 16.0 Å². The number of nitrogens with one attached hydrogen (secondary N) is 2. The highest BCUT2D eigenvalue weighted by atomic mass is 16.2. The normalized spacial score (nSPS) is 20.4. The smallest absolute Gasteiger partial charge is 0.224 e. The largest absolute Gasteiger partial charge is 0.326 e. The number of carbonyl (C=O) groups is 2. The zero-order valence-corrected chi connectivity index (χ0v) is 11.3. The molecule has 2 N–H and O–H groups in total. The first-order chi connectivity index (χ1) is 9.70. The van der Waals surface area contributed by atoms with Crippen molar-refractivity contribution in [3.63, 3.8) is 0 Å².